The van der Waals surface area contributed by atoms with Crippen LogP contribution in [0.5, 0.6) is 0 Å². The van der Waals surface area contributed by atoms with Crippen molar-refractivity contribution in [3.8, 4) is 0 Å². The smallest absolute Gasteiger partial charge is 0.323 e. The van der Waals surface area contributed by atoms with Gasteiger partial charge in [-0.25, -0.2) is 0 Å². The van der Waals surface area contributed by atoms with Crippen molar-refractivity contribution in [3.05, 3.63) is 23.8 Å². The van der Waals surface area contributed by atoms with Gasteiger partial charge in [0.1, 0.15) is 17.8 Å². The Labute approximate surface area is 90.9 Å². The van der Waals surface area contributed by atoms with Crippen molar-refractivity contribution >= 4 is 27.3 Å². The molecule has 0 unspecified atom stereocenters. The molecule has 0 saturated heterocycles. The summed E-state index contributed by atoms with van der Waals surface area (Å²) in [5, 5.41) is 0. The van der Waals surface area contributed by atoms with Crippen molar-refractivity contribution in [1.82, 2.24) is 0 Å². The molecule has 0 fully saturated rings. The molecule has 2 bridgehead atoms. The third-order valence-electron chi connectivity index (χ3n) is 1.95. The molecule has 0 radical (unpaired) electrons. The van der Waals surface area contributed by atoms with Gasteiger partial charge >= 0.3 is 5.97 Å². The molecule has 2 aromatic heterocycles. The molecule has 0 amide bonds. The molecule has 2 rings (SSSR count). The molecule has 1 N–H and O–H groups in total. The van der Waals surface area contributed by atoms with E-state index in [9.17, 15) is 13.2 Å². The monoisotopic (exact) mass is 244 g/mol. The average Bonchev–Trinajstić information content (AvgIpc) is 2.72. The van der Waals surface area contributed by atoms with Crippen molar-refractivity contribution in [2.24, 2.45) is 0 Å². The highest BCUT2D eigenvalue weighted by Gasteiger charge is 2.15. The van der Waals surface area contributed by atoms with Crippen molar-refractivity contribution in [3.63, 3.8) is 0 Å². The SMILES string of the molecule is O=C(CS(=O)(=O)O)OCc1cc2ccc1o2. The molecule has 0 aliphatic heterocycles. The Morgan fingerprint density at radius 1 is 1.44 bits per heavy atom. The van der Waals surface area contributed by atoms with Crippen molar-refractivity contribution in [2.75, 3.05) is 5.75 Å². The highest BCUT2D eigenvalue weighted by molar-refractivity contribution is 7.86. The molecule has 0 aliphatic rings. The summed E-state index contributed by atoms with van der Waals surface area (Å²) in [6, 6.07) is 5.18. The van der Waals surface area contributed by atoms with E-state index in [1.807, 2.05) is 0 Å². The van der Waals surface area contributed by atoms with Gasteiger partial charge < -0.3 is 9.15 Å². The number of esters is 1. The highest BCUT2D eigenvalue weighted by atomic mass is 32.2. The van der Waals surface area contributed by atoms with Gasteiger partial charge in [-0.05, 0) is 18.2 Å². The van der Waals surface area contributed by atoms with Crippen LogP contribution in [0, 0.1) is 0 Å². The maximum absolute atomic E-state index is 11.0. The van der Waals surface area contributed by atoms with E-state index in [-0.39, 0.29) is 6.61 Å². The average molecular weight is 244 g/mol. The highest BCUT2D eigenvalue weighted by Crippen LogP contribution is 2.22. The standard InChI is InChI=1S/C9H8O6S/c10-9(5-16(11,12)13)14-4-6-3-7-1-2-8(6)15-7/h1-3H,4-5H2,(H,11,12,13). The van der Waals surface area contributed by atoms with Crippen LogP contribution < -0.4 is 0 Å². The quantitative estimate of drug-likeness (QED) is 0.631. The minimum absolute atomic E-state index is 0.0719. The Hall–Kier alpha value is -1.60. The first-order valence-corrected chi connectivity index (χ1v) is 5.96. The summed E-state index contributed by atoms with van der Waals surface area (Å²) in [6.45, 7) is -0.0719. The Bertz CT molecular complexity index is 596. The van der Waals surface area contributed by atoms with Gasteiger partial charge in [0.25, 0.3) is 10.1 Å². The molecular weight excluding hydrogens is 236 g/mol. The van der Waals surface area contributed by atoms with E-state index in [2.05, 4.69) is 4.74 Å². The van der Waals surface area contributed by atoms with E-state index in [1.54, 1.807) is 18.2 Å². The van der Waals surface area contributed by atoms with Crippen LogP contribution in [0.3, 0.4) is 0 Å². The van der Waals surface area contributed by atoms with Crippen LogP contribution in [0.25, 0.3) is 11.2 Å². The number of rotatable bonds is 4. The van der Waals surface area contributed by atoms with Crippen LogP contribution in [-0.2, 0) is 26.3 Å². The second-order valence-electron chi connectivity index (χ2n) is 3.26. The maximum atomic E-state index is 11.0. The number of hydrogen-bond donors (Lipinski definition) is 1. The van der Waals surface area contributed by atoms with Crippen LogP contribution in [0.15, 0.2) is 22.6 Å². The van der Waals surface area contributed by atoms with Crippen molar-refractivity contribution in [2.45, 2.75) is 6.61 Å². The first kappa shape index (κ1) is 10.9. The molecule has 86 valence electrons. The van der Waals surface area contributed by atoms with E-state index in [4.69, 9.17) is 8.97 Å². The normalized spacial score (nSPS) is 12.1. The molecule has 7 heteroatoms. The number of ether oxygens (including phenoxy) is 1. The van der Waals surface area contributed by atoms with Gasteiger partial charge in [-0.2, -0.15) is 8.42 Å². The van der Waals surface area contributed by atoms with E-state index >= 15 is 0 Å². The first-order chi connectivity index (χ1) is 7.44. The molecule has 0 atom stereocenters. The molecule has 2 heterocycles. The molecule has 0 spiro atoms. The predicted octanol–water partition coefficient (Wildman–Crippen LogP) is 0.802. The predicted molar refractivity (Wildman–Crippen MR) is 53.6 cm³/mol. The van der Waals surface area contributed by atoms with E-state index in [1.165, 1.54) is 0 Å². The van der Waals surface area contributed by atoms with E-state index < -0.39 is 21.8 Å². The second kappa shape index (κ2) is 3.76. The zero-order chi connectivity index (χ0) is 11.8. The lowest BCUT2D eigenvalue weighted by Gasteiger charge is -2.01. The second-order valence-corrected chi connectivity index (χ2v) is 4.71. The van der Waals surface area contributed by atoms with Crippen LogP contribution in [0.2, 0.25) is 0 Å². The Morgan fingerprint density at radius 3 is 2.69 bits per heavy atom. The fourth-order valence-electron chi connectivity index (χ4n) is 1.31. The fraction of sp³-hybridized carbons (Fsp3) is 0.222. The lowest BCUT2D eigenvalue weighted by molar-refractivity contribution is -0.141. The molecule has 6 nitrogen and oxygen atoms in total. The number of hydrogen-bond acceptors (Lipinski definition) is 5. The fourth-order valence-corrected chi connectivity index (χ4v) is 1.69. The third kappa shape index (κ3) is 2.50. The number of carbonyl (C=O) groups is 1. The first-order valence-electron chi connectivity index (χ1n) is 4.35. The van der Waals surface area contributed by atoms with Gasteiger partial charge in [0, 0.05) is 5.56 Å². The van der Waals surface area contributed by atoms with E-state index in [0.717, 1.165) is 0 Å². The van der Waals surface area contributed by atoms with E-state index in [0.29, 0.717) is 16.7 Å². The third-order valence-corrected chi connectivity index (χ3v) is 2.55. The lowest BCUT2D eigenvalue weighted by Crippen LogP contribution is -2.17. The zero-order valence-electron chi connectivity index (χ0n) is 8.04. The maximum Gasteiger partial charge on any atom is 0.323 e. The number of furan rings is 2. The van der Waals surface area contributed by atoms with Crippen LogP contribution >= 0.6 is 0 Å². The van der Waals surface area contributed by atoms with Gasteiger partial charge in [0.2, 0.25) is 0 Å². The molecular formula is C9H8O6S. The Morgan fingerprint density at radius 2 is 2.19 bits per heavy atom. The van der Waals surface area contributed by atoms with Gasteiger partial charge in [0.05, 0.1) is 0 Å². The van der Waals surface area contributed by atoms with Crippen LogP contribution in [0.1, 0.15) is 5.56 Å². The van der Waals surface area contributed by atoms with Crippen LogP contribution in [0.4, 0.5) is 0 Å². The number of carbonyl (C=O) groups excluding carboxylic acids is 1. The van der Waals surface area contributed by atoms with Gasteiger partial charge in [-0.15, -0.1) is 0 Å². The summed E-state index contributed by atoms with van der Waals surface area (Å²) < 4.78 is 39.0. The lowest BCUT2D eigenvalue weighted by atomic mass is 10.2. The number of benzene rings is 1. The Kier molecular flexibility index (Phi) is 2.56. The minimum atomic E-state index is -4.33. The van der Waals surface area contributed by atoms with Crippen molar-refractivity contribution in [1.29, 1.82) is 0 Å². The molecule has 0 saturated carbocycles. The molecule has 0 aromatic carbocycles. The summed E-state index contributed by atoms with van der Waals surface area (Å²) in [4.78, 5) is 11.0. The molecule has 16 heavy (non-hydrogen) atoms. The molecule has 0 aliphatic carbocycles. The summed E-state index contributed by atoms with van der Waals surface area (Å²) in [5.74, 6) is -2.04. The number of fused-ring (bicyclic) bond motifs is 2. The largest absolute Gasteiger partial charge is 0.460 e. The van der Waals surface area contributed by atoms with Gasteiger partial charge in [-0.1, -0.05) is 0 Å². The van der Waals surface area contributed by atoms with Crippen molar-refractivity contribution < 1.29 is 26.9 Å². The topological polar surface area (TPSA) is 93.8 Å². The zero-order valence-corrected chi connectivity index (χ0v) is 8.86. The van der Waals surface area contributed by atoms with Crippen LogP contribution in [-0.4, -0.2) is 24.7 Å². The summed E-state index contributed by atoms with van der Waals surface area (Å²) in [5.41, 5.74) is 1.92. The van der Waals surface area contributed by atoms with Gasteiger partial charge in [0.15, 0.2) is 5.75 Å². The van der Waals surface area contributed by atoms with Gasteiger partial charge in [-0.3, -0.25) is 9.35 Å². The summed E-state index contributed by atoms with van der Waals surface area (Å²) in [6.07, 6.45) is 0. The summed E-state index contributed by atoms with van der Waals surface area (Å²) in [7, 11) is -4.33. The Balaban J connectivity index is 1.93. The summed E-state index contributed by atoms with van der Waals surface area (Å²) >= 11 is 0. The molecule has 2 aromatic rings. The minimum Gasteiger partial charge on any atom is -0.460 e.